The minimum absolute atomic E-state index is 0.0901. The third-order valence-electron chi connectivity index (χ3n) is 4.21. The number of likely N-dealkylation sites (N-methyl/N-ethyl adjacent to an activating group) is 1. The zero-order valence-electron chi connectivity index (χ0n) is 17.2. The number of alkyl halides is 3. The molecular weight excluding hydrogens is 401 g/mol. The first kappa shape index (κ1) is 23.1. The summed E-state index contributed by atoms with van der Waals surface area (Å²) in [7, 11) is 6.97. The number of ether oxygens (including phenoxy) is 3. The van der Waals surface area contributed by atoms with Gasteiger partial charge in [0, 0.05) is 5.69 Å². The molecule has 0 spiro atoms. The lowest BCUT2D eigenvalue weighted by Crippen LogP contribution is -2.27. The summed E-state index contributed by atoms with van der Waals surface area (Å²) in [5.41, 5.74) is 7.38. The Balaban J connectivity index is 2.07. The van der Waals surface area contributed by atoms with E-state index in [2.05, 4.69) is 15.0 Å². The second-order valence-corrected chi connectivity index (χ2v) is 6.52. The Bertz CT molecular complexity index is 855. The number of halogens is 3. The molecule has 10 heteroatoms. The fraction of sp³-hybridized carbons (Fsp3) is 0.350. The molecular formula is C20H25F3N4O3. The number of hydrogen-bond acceptors (Lipinski definition) is 5. The number of rotatable bonds is 8. The van der Waals surface area contributed by atoms with Crippen LogP contribution in [-0.4, -0.2) is 52.1 Å². The molecule has 0 aliphatic carbocycles. The summed E-state index contributed by atoms with van der Waals surface area (Å²) in [5, 5.41) is 2.85. The van der Waals surface area contributed by atoms with Crippen molar-refractivity contribution in [1.82, 2.24) is 4.90 Å². The van der Waals surface area contributed by atoms with Crippen LogP contribution in [0.15, 0.2) is 47.5 Å². The quantitative estimate of drug-likeness (QED) is 0.496. The Labute approximate surface area is 173 Å². The summed E-state index contributed by atoms with van der Waals surface area (Å²) < 4.78 is 51.1. The molecule has 0 amide bonds. The molecule has 2 aromatic rings. The number of nitrogens with two attached hydrogens (primary N) is 1. The molecule has 0 radical (unpaired) electrons. The number of methoxy groups -OCH3 is 2. The summed E-state index contributed by atoms with van der Waals surface area (Å²) >= 11 is 0. The molecule has 0 bridgehead atoms. The van der Waals surface area contributed by atoms with E-state index in [1.165, 1.54) is 24.3 Å². The predicted octanol–water partition coefficient (Wildman–Crippen LogP) is 3.63. The highest BCUT2D eigenvalue weighted by Gasteiger charge is 2.30. The summed E-state index contributed by atoms with van der Waals surface area (Å²) in [6.45, 7) is 0.344. The van der Waals surface area contributed by atoms with E-state index in [-0.39, 0.29) is 17.8 Å². The third-order valence-corrected chi connectivity index (χ3v) is 4.21. The molecule has 0 aliphatic rings. The molecule has 0 heterocycles. The van der Waals surface area contributed by atoms with Crippen molar-refractivity contribution >= 4 is 11.6 Å². The van der Waals surface area contributed by atoms with Gasteiger partial charge in [-0.1, -0.05) is 6.07 Å². The number of hydrogen-bond donors (Lipinski definition) is 2. The molecule has 3 N–H and O–H groups in total. The van der Waals surface area contributed by atoms with Crippen molar-refractivity contribution in [2.24, 2.45) is 10.7 Å². The maximum absolute atomic E-state index is 12.2. The second kappa shape index (κ2) is 10.1. The largest absolute Gasteiger partial charge is 0.573 e. The van der Waals surface area contributed by atoms with E-state index in [0.29, 0.717) is 23.7 Å². The Morgan fingerprint density at radius 1 is 1.07 bits per heavy atom. The molecule has 164 valence electrons. The molecule has 1 atom stereocenters. The molecule has 7 nitrogen and oxygen atoms in total. The van der Waals surface area contributed by atoms with Crippen LogP contribution in [0.2, 0.25) is 0 Å². The van der Waals surface area contributed by atoms with Crippen molar-refractivity contribution < 1.29 is 27.4 Å². The van der Waals surface area contributed by atoms with E-state index in [1.54, 1.807) is 14.2 Å². The van der Waals surface area contributed by atoms with Crippen molar-refractivity contribution in [3.8, 4) is 17.2 Å². The predicted molar refractivity (Wildman–Crippen MR) is 109 cm³/mol. The van der Waals surface area contributed by atoms with Crippen molar-refractivity contribution in [3.63, 3.8) is 0 Å². The summed E-state index contributed by atoms with van der Waals surface area (Å²) in [6, 6.07) is 10.7. The van der Waals surface area contributed by atoms with Crippen LogP contribution in [-0.2, 0) is 0 Å². The van der Waals surface area contributed by atoms with Crippen LogP contribution in [0.1, 0.15) is 11.6 Å². The Morgan fingerprint density at radius 3 is 2.23 bits per heavy atom. The number of guanidine groups is 1. The Morgan fingerprint density at radius 2 is 1.70 bits per heavy atom. The van der Waals surface area contributed by atoms with Crippen molar-refractivity contribution in [3.05, 3.63) is 48.0 Å². The first-order chi connectivity index (χ1) is 14.1. The number of benzene rings is 2. The highest BCUT2D eigenvalue weighted by molar-refractivity contribution is 5.92. The zero-order valence-corrected chi connectivity index (χ0v) is 17.2. The van der Waals surface area contributed by atoms with E-state index < -0.39 is 6.36 Å². The minimum atomic E-state index is -4.74. The van der Waals surface area contributed by atoms with E-state index >= 15 is 0 Å². The van der Waals surface area contributed by atoms with Crippen LogP contribution in [0.4, 0.5) is 18.9 Å². The van der Waals surface area contributed by atoms with Gasteiger partial charge in [0.1, 0.15) is 5.75 Å². The summed E-state index contributed by atoms with van der Waals surface area (Å²) in [5.74, 6) is 1.05. The molecule has 0 fully saturated rings. The van der Waals surface area contributed by atoms with Gasteiger partial charge in [-0.05, 0) is 56.1 Å². The molecule has 2 aromatic carbocycles. The average molecular weight is 426 g/mol. The van der Waals surface area contributed by atoms with E-state index in [9.17, 15) is 13.2 Å². The van der Waals surface area contributed by atoms with Crippen LogP contribution in [0.3, 0.4) is 0 Å². The molecule has 0 aliphatic heterocycles. The third kappa shape index (κ3) is 6.73. The maximum Gasteiger partial charge on any atom is 0.573 e. The normalized spacial score (nSPS) is 13.1. The van der Waals surface area contributed by atoms with Crippen molar-refractivity contribution in [2.45, 2.75) is 12.4 Å². The smallest absolute Gasteiger partial charge is 0.493 e. The molecule has 0 saturated heterocycles. The first-order valence-electron chi connectivity index (χ1n) is 8.94. The average Bonchev–Trinajstić information content (AvgIpc) is 2.68. The SMILES string of the molecule is COc1ccc(C(CN=C(N)Nc2ccc(OC(F)(F)F)cc2)N(C)C)cc1OC. The molecule has 1 unspecified atom stereocenters. The van der Waals surface area contributed by atoms with Gasteiger partial charge in [-0.25, -0.2) is 0 Å². The summed E-state index contributed by atoms with van der Waals surface area (Å²) in [4.78, 5) is 6.34. The van der Waals surface area contributed by atoms with Crippen molar-refractivity contribution in [1.29, 1.82) is 0 Å². The van der Waals surface area contributed by atoms with Crippen LogP contribution in [0.25, 0.3) is 0 Å². The zero-order chi connectivity index (χ0) is 22.3. The molecule has 30 heavy (non-hydrogen) atoms. The summed E-state index contributed by atoms with van der Waals surface area (Å²) in [6.07, 6.45) is -4.74. The highest BCUT2D eigenvalue weighted by Crippen LogP contribution is 2.31. The van der Waals surface area contributed by atoms with Crippen molar-refractivity contribution in [2.75, 3.05) is 40.2 Å². The van der Waals surface area contributed by atoms with E-state index in [0.717, 1.165) is 5.56 Å². The lowest BCUT2D eigenvalue weighted by molar-refractivity contribution is -0.274. The van der Waals surface area contributed by atoms with Gasteiger partial charge < -0.3 is 30.2 Å². The maximum atomic E-state index is 12.2. The van der Waals surface area contributed by atoms with E-state index in [1.807, 2.05) is 37.2 Å². The van der Waals surface area contributed by atoms with E-state index in [4.69, 9.17) is 15.2 Å². The van der Waals surface area contributed by atoms with Gasteiger partial charge in [-0.15, -0.1) is 13.2 Å². The second-order valence-electron chi connectivity index (χ2n) is 6.52. The lowest BCUT2D eigenvalue weighted by atomic mass is 10.1. The lowest BCUT2D eigenvalue weighted by Gasteiger charge is -2.24. The van der Waals surface area contributed by atoms with Crippen LogP contribution < -0.4 is 25.3 Å². The first-order valence-corrected chi connectivity index (χ1v) is 8.94. The van der Waals surface area contributed by atoms with Gasteiger partial charge in [0.05, 0.1) is 26.8 Å². The fourth-order valence-electron chi connectivity index (χ4n) is 2.74. The standard InChI is InChI=1S/C20H25F3N4O3/c1-27(2)16(13-5-10-17(28-3)18(11-13)29-4)12-25-19(24)26-14-6-8-15(9-7-14)30-20(21,22)23/h5-11,16H,12H2,1-4H3,(H3,24,25,26). The van der Waals surface area contributed by atoms with Gasteiger partial charge in [-0.2, -0.15) is 0 Å². The van der Waals surface area contributed by atoms with Gasteiger partial charge in [0.25, 0.3) is 0 Å². The molecule has 0 aromatic heterocycles. The Hall–Kier alpha value is -3.14. The van der Waals surface area contributed by atoms with Gasteiger partial charge >= 0.3 is 6.36 Å². The Kier molecular flexibility index (Phi) is 7.76. The fourth-order valence-corrected chi connectivity index (χ4v) is 2.74. The topological polar surface area (TPSA) is 81.3 Å². The monoisotopic (exact) mass is 426 g/mol. The van der Waals surface area contributed by atoms with Crippen LogP contribution >= 0.6 is 0 Å². The van der Waals surface area contributed by atoms with Gasteiger partial charge in [0.2, 0.25) is 0 Å². The van der Waals surface area contributed by atoms with Gasteiger partial charge in [0.15, 0.2) is 17.5 Å². The number of anilines is 1. The molecule has 0 saturated carbocycles. The highest BCUT2D eigenvalue weighted by atomic mass is 19.4. The minimum Gasteiger partial charge on any atom is -0.493 e. The molecule has 2 rings (SSSR count). The van der Waals surface area contributed by atoms with Crippen LogP contribution in [0.5, 0.6) is 17.2 Å². The number of aliphatic imine (C=N–C) groups is 1. The number of nitrogens with zero attached hydrogens (tertiary/aromatic N) is 2. The van der Waals surface area contributed by atoms with Gasteiger partial charge in [-0.3, -0.25) is 4.99 Å². The number of nitrogens with one attached hydrogen (secondary N) is 1. The van der Waals surface area contributed by atoms with Crippen LogP contribution in [0, 0.1) is 0 Å².